The smallest absolute Gasteiger partial charge is 0.409 e. The third-order valence-electron chi connectivity index (χ3n) is 4.78. The van der Waals surface area contributed by atoms with E-state index in [0.29, 0.717) is 36.5 Å². The first kappa shape index (κ1) is 22.0. The molecule has 11 heteroatoms. The Hall–Kier alpha value is -3.18. The van der Waals surface area contributed by atoms with Crippen molar-refractivity contribution >= 4 is 38.7 Å². The van der Waals surface area contributed by atoms with Crippen molar-refractivity contribution in [3.05, 3.63) is 53.1 Å². The van der Waals surface area contributed by atoms with E-state index >= 15 is 0 Å². The zero-order valence-electron chi connectivity index (χ0n) is 16.9. The minimum Gasteiger partial charge on any atom is -0.409 e. The summed E-state index contributed by atoms with van der Waals surface area (Å²) >= 11 is 0.924. The van der Waals surface area contributed by atoms with E-state index in [1.165, 1.54) is 17.0 Å². The predicted octanol–water partition coefficient (Wildman–Crippen LogP) is 4.71. The number of amides is 2. The molecule has 1 N–H and O–H groups in total. The number of ether oxygens (including phenoxy) is 2. The summed E-state index contributed by atoms with van der Waals surface area (Å²) in [7, 11) is 0. The summed E-state index contributed by atoms with van der Waals surface area (Å²) in [6.45, 7) is 3.37. The predicted molar refractivity (Wildman–Crippen MR) is 112 cm³/mol. The quantitative estimate of drug-likeness (QED) is 0.606. The third-order valence-corrected chi connectivity index (χ3v) is 5.72. The number of nitrogens with one attached hydrogen (secondary N) is 1. The lowest BCUT2D eigenvalue weighted by Gasteiger charge is -2.26. The van der Waals surface area contributed by atoms with Crippen molar-refractivity contribution in [1.29, 1.82) is 0 Å². The molecule has 2 amide bonds. The average molecular weight is 465 g/mol. The molecule has 0 aliphatic carbocycles. The van der Waals surface area contributed by atoms with Gasteiger partial charge in [-0.1, -0.05) is 23.0 Å². The van der Waals surface area contributed by atoms with Crippen LogP contribution in [0.3, 0.4) is 0 Å². The lowest BCUT2D eigenvalue weighted by Crippen LogP contribution is -2.42. The molecule has 0 bridgehead atoms. The number of carbonyl (C=O) groups excluding carboxylic acids is 2. The van der Waals surface area contributed by atoms with Crippen LogP contribution in [0.4, 0.5) is 23.1 Å². The molecule has 0 radical (unpaired) electrons. The minimum atomic E-state index is -4.47. The third kappa shape index (κ3) is 4.83. The first-order chi connectivity index (χ1) is 15.2. The van der Waals surface area contributed by atoms with E-state index in [2.05, 4.69) is 10.3 Å². The SMILES string of the molecule is Cc1ccc(OC(=O)N2CCOCC2)c(C(=O)Nc2nc3ccc(C(F)(F)F)cc3s2)c1. The molecule has 2 aromatic carbocycles. The number of fused-ring (bicyclic) bond motifs is 1. The van der Waals surface area contributed by atoms with Crippen LogP contribution in [0.5, 0.6) is 5.75 Å². The molecule has 32 heavy (non-hydrogen) atoms. The van der Waals surface area contributed by atoms with Crippen LogP contribution < -0.4 is 10.1 Å². The van der Waals surface area contributed by atoms with E-state index in [0.717, 1.165) is 29.0 Å². The number of halogens is 3. The van der Waals surface area contributed by atoms with E-state index in [1.54, 1.807) is 19.1 Å². The highest BCUT2D eigenvalue weighted by atomic mass is 32.1. The number of nitrogens with zero attached hydrogens (tertiary/aromatic N) is 2. The number of anilines is 1. The summed E-state index contributed by atoms with van der Waals surface area (Å²) in [4.78, 5) is 31.0. The van der Waals surface area contributed by atoms with Crippen LogP contribution in [-0.4, -0.2) is 48.2 Å². The number of carbonyl (C=O) groups is 2. The molecular weight excluding hydrogens is 447 g/mol. The van der Waals surface area contributed by atoms with Crippen molar-refractivity contribution in [2.75, 3.05) is 31.6 Å². The maximum Gasteiger partial charge on any atom is 0.416 e. The highest BCUT2D eigenvalue weighted by molar-refractivity contribution is 7.22. The number of benzene rings is 2. The Bertz CT molecular complexity index is 1170. The minimum absolute atomic E-state index is 0.0741. The number of rotatable bonds is 3. The first-order valence-electron chi connectivity index (χ1n) is 9.65. The molecule has 3 aromatic rings. The molecule has 1 aliphatic rings. The first-order valence-corrected chi connectivity index (χ1v) is 10.5. The number of morpholine rings is 1. The number of thiazole rings is 1. The molecule has 7 nitrogen and oxygen atoms in total. The van der Waals surface area contributed by atoms with Crippen molar-refractivity contribution in [3.63, 3.8) is 0 Å². The molecule has 1 fully saturated rings. The van der Waals surface area contributed by atoms with Gasteiger partial charge in [0.25, 0.3) is 5.91 Å². The lowest BCUT2D eigenvalue weighted by molar-refractivity contribution is -0.137. The van der Waals surface area contributed by atoms with Gasteiger partial charge >= 0.3 is 12.3 Å². The van der Waals surface area contributed by atoms with Gasteiger partial charge in [0, 0.05) is 13.1 Å². The average Bonchev–Trinajstić information content (AvgIpc) is 3.16. The molecule has 1 aliphatic heterocycles. The molecule has 0 unspecified atom stereocenters. The van der Waals surface area contributed by atoms with Crippen molar-refractivity contribution in [1.82, 2.24) is 9.88 Å². The van der Waals surface area contributed by atoms with E-state index in [9.17, 15) is 22.8 Å². The summed E-state index contributed by atoms with van der Waals surface area (Å²) in [6, 6.07) is 7.98. The van der Waals surface area contributed by atoms with Crippen LogP contribution in [0.15, 0.2) is 36.4 Å². The van der Waals surface area contributed by atoms with Gasteiger partial charge in [-0.2, -0.15) is 13.2 Å². The van der Waals surface area contributed by atoms with Crippen LogP contribution in [0.2, 0.25) is 0 Å². The Labute approximate surface area is 184 Å². The van der Waals surface area contributed by atoms with Crippen LogP contribution in [0.1, 0.15) is 21.5 Å². The number of aromatic nitrogens is 1. The lowest BCUT2D eigenvalue weighted by atomic mass is 10.1. The molecule has 0 spiro atoms. The molecule has 1 aromatic heterocycles. The maximum atomic E-state index is 12.9. The number of aryl methyl sites for hydroxylation is 1. The zero-order valence-corrected chi connectivity index (χ0v) is 17.7. The van der Waals surface area contributed by atoms with Crippen LogP contribution >= 0.6 is 11.3 Å². The van der Waals surface area contributed by atoms with Gasteiger partial charge in [-0.3, -0.25) is 10.1 Å². The van der Waals surface area contributed by atoms with Crippen LogP contribution in [0.25, 0.3) is 10.2 Å². The standard InChI is InChI=1S/C21H18F3N3O4S/c1-12-2-5-16(31-20(29)27-6-8-30-9-7-27)14(10-12)18(28)26-19-25-15-4-3-13(21(22,23)24)11-17(15)32-19/h2-5,10-11H,6-9H2,1H3,(H,25,26,28). The number of alkyl halides is 3. The van der Waals surface area contributed by atoms with Crippen molar-refractivity contribution in [3.8, 4) is 5.75 Å². The highest BCUT2D eigenvalue weighted by Gasteiger charge is 2.31. The van der Waals surface area contributed by atoms with Gasteiger partial charge in [-0.15, -0.1) is 0 Å². The number of hydrogen-bond acceptors (Lipinski definition) is 6. The van der Waals surface area contributed by atoms with Gasteiger partial charge in [0.1, 0.15) is 5.75 Å². The second-order valence-electron chi connectivity index (χ2n) is 7.12. The van der Waals surface area contributed by atoms with Crippen molar-refractivity contribution in [2.24, 2.45) is 0 Å². The monoisotopic (exact) mass is 465 g/mol. The molecule has 0 saturated carbocycles. The summed E-state index contributed by atoms with van der Waals surface area (Å²) in [5.41, 5.74) is 0.423. The van der Waals surface area contributed by atoms with Gasteiger partial charge in [-0.05, 0) is 37.3 Å². The zero-order chi connectivity index (χ0) is 22.9. The van der Waals surface area contributed by atoms with E-state index in [-0.39, 0.29) is 16.4 Å². The second-order valence-corrected chi connectivity index (χ2v) is 8.15. The van der Waals surface area contributed by atoms with Crippen LogP contribution in [0, 0.1) is 6.92 Å². The molecular formula is C21H18F3N3O4S. The fourth-order valence-corrected chi connectivity index (χ4v) is 4.03. The second kappa shape index (κ2) is 8.75. The Morgan fingerprint density at radius 2 is 1.91 bits per heavy atom. The van der Waals surface area contributed by atoms with E-state index in [4.69, 9.17) is 9.47 Å². The fourth-order valence-electron chi connectivity index (χ4n) is 3.13. The van der Waals surface area contributed by atoms with Gasteiger partial charge in [0.2, 0.25) is 0 Å². The molecule has 2 heterocycles. The summed E-state index contributed by atoms with van der Waals surface area (Å²) in [5, 5.41) is 2.72. The van der Waals surface area contributed by atoms with Gasteiger partial charge < -0.3 is 14.4 Å². The van der Waals surface area contributed by atoms with Crippen LogP contribution in [-0.2, 0) is 10.9 Å². The summed E-state index contributed by atoms with van der Waals surface area (Å²) < 4.78 is 49.8. The topological polar surface area (TPSA) is 80.8 Å². The highest BCUT2D eigenvalue weighted by Crippen LogP contribution is 2.34. The Balaban J connectivity index is 1.55. The molecule has 4 rings (SSSR count). The van der Waals surface area contributed by atoms with E-state index < -0.39 is 23.7 Å². The molecule has 168 valence electrons. The van der Waals surface area contributed by atoms with Gasteiger partial charge in [0.05, 0.1) is 34.6 Å². The van der Waals surface area contributed by atoms with E-state index in [1.807, 2.05) is 0 Å². The Morgan fingerprint density at radius 3 is 2.62 bits per heavy atom. The van der Waals surface area contributed by atoms with Gasteiger partial charge in [-0.25, -0.2) is 9.78 Å². The Kier molecular flexibility index (Phi) is 6.02. The maximum absolute atomic E-state index is 12.9. The molecule has 0 atom stereocenters. The normalized spacial score (nSPS) is 14.4. The van der Waals surface area contributed by atoms with Crippen molar-refractivity contribution in [2.45, 2.75) is 13.1 Å². The fraction of sp³-hybridized carbons (Fsp3) is 0.286. The summed E-state index contributed by atoms with van der Waals surface area (Å²) in [5.74, 6) is -0.515. The largest absolute Gasteiger partial charge is 0.416 e. The van der Waals surface area contributed by atoms with Crippen molar-refractivity contribution < 1.29 is 32.2 Å². The molecule has 1 saturated heterocycles. The Morgan fingerprint density at radius 1 is 1.16 bits per heavy atom. The number of hydrogen-bond donors (Lipinski definition) is 1. The summed E-state index contributed by atoms with van der Waals surface area (Å²) in [6.07, 6.45) is -5.06. The van der Waals surface area contributed by atoms with Gasteiger partial charge in [0.15, 0.2) is 5.13 Å².